The lowest BCUT2D eigenvalue weighted by Crippen LogP contribution is -2.47. The maximum absolute atomic E-state index is 9.91. The molecular weight excluding hydrogens is 248 g/mol. The van der Waals surface area contributed by atoms with Gasteiger partial charge in [-0.15, -0.1) is 0 Å². The van der Waals surface area contributed by atoms with Crippen LogP contribution in [0.2, 0.25) is 0 Å². The molecule has 0 radical (unpaired) electrons. The van der Waals surface area contributed by atoms with Gasteiger partial charge < -0.3 is 14.9 Å². The van der Waals surface area contributed by atoms with Crippen molar-refractivity contribution in [3.05, 3.63) is 0 Å². The molecule has 2 atom stereocenters. The Bertz CT molecular complexity index is 283. The number of hydrogen-bond donors (Lipinski definition) is 1. The lowest BCUT2D eigenvalue weighted by atomic mass is 9.98. The lowest BCUT2D eigenvalue weighted by Gasteiger charge is -2.40. The summed E-state index contributed by atoms with van der Waals surface area (Å²) in [5.41, 5.74) is 0. The molecule has 0 spiro atoms. The van der Waals surface area contributed by atoms with Crippen LogP contribution in [0.15, 0.2) is 0 Å². The van der Waals surface area contributed by atoms with Crippen molar-refractivity contribution in [2.75, 3.05) is 32.7 Å². The molecule has 116 valence electrons. The Morgan fingerprint density at radius 1 is 0.800 bits per heavy atom. The number of aliphatic hydroxyl groups is 1. The first-order valence-electron chi connectivity index (χ1n) is 8.97. The maximum atomic E-state index is 9.91. The van der Waals surface area contributed by atoms with E-state index in [9.17, 15) is 5.11 Å². The molecule has 0 bridgehead atoms. The van der Waals surface area contributed by atoms with E-state index in [1.165, 1.54) is 84.1 Å². The lowest BCUT2D eigenvalue weighted by molar-refractivity contribution is 0.0805. The Morgan fingerprint density at radius 3 is 2.20 bits per heavy atom. The summed E-state index contributed by atoms with van der Waals surface area (Å²) in [7, 11) is 0. The van der Waals surface area contributed by atoms with Crippen LogP contribution in [0.5, 0.6) is 0 Å². The number of aliphatic hydroxyl groups excluding tert-OH is 1. The largest absolute Gasteiger partial charge is 0.393 e. The zero-order chi connectivity index (χ0) is 13.8. The molecule has 0 aromatic rings. The monoisotopic (exact) mass is 280 g/mol. The second-order valence-corrected chi connectivity index (χ2v) is 7.22. The average Bonchev–Trinajstić information content (AvgIpc) is 2.92. The van der Waals surface area contributed by atoms with Gasteiger partial charge in [0.1, 0.15) is 0 Å². The molecule has 1 saturated carbocycles. The third-order valence-corrected chi connectivity index (χ3v) is 5.90. The summed E-state index contributed by atoms with van der Waals surface area (Å²) in [5, 5.41) is 9.91. The van der Waals surface area contributed by atoms with Gasteiger partial charge in [-0.3, -0.25) is 0 Å². The molecule has 20 heavy (non-hydrogen) atoms. The average molecular weight is 280 g/mol. The van der Waals surface area contributed by atoms with Crippen molar-refractivity contribution in [3.63, 3.8) is 0 Å². The highest BCUT2D eigenvalue weighted by Crippen LogP contribution is 2.29. The van der Waals surface area contributed by atoms with Crippen LogP contribution >= 0.6 is 0 Å². The fourth-order valence-electron chi connectivity index (χ4n) is 4.49. The van der Waals surface area contributed by atoms with E-state index in [2.05, 4.69) is 9.80 Å². The van der Waals surface area contributed by atoms with Crippen LogP contribution in [0.3, 0.4) is 0 Å². The van der Waals surface area contributed by atoms with Gasteiger partial charge >= 0.3 is 0 Å². The van der Waals surface area contributed by atoms with Crippen molar-refractivity contribution in [2.24, 2.45) is 5.92 Å². The summed E-state index contributed by atoms with van der Waals surface area (Å²) in [4.78, 5) is 5.40. The van der Waals surface area contributed by atoms with Crippen molar-refractivity contribution >= 4 is 0 Å². The third kappa shape index (κ3) is 3.75. The fourth-order valence-corrected chi connectivity index (χ4v) is 4.49. The van der Waals surface area contributed by atoms with E-state index in [1.807, 2.05) is 0 Å². The van der Waals surface area contributed by atoms with Crippen LogP contribution in [0.1, 0.15) is 57.8 Å². The number of nitrogens with zero attached hydrogens (tertiary/aromatic N) is 2. The predicted octanol–water partition coefficient (Wildman–Crippen LogP) is 2.49. The molecule has 2 aliphatic heterocycles. The van der Waals surface area contributed by atoms with Gasteiger partial charge in [0.2, 0.25) is 0 Å². The summed E-state index contributed by atoms with van der Waals surface area (Å²) < 4.78 is 0. The van der Waals surface area contributed by atoms with Gasteiger partial charge in [-0.25, -0.2) is 0 Å². The van der Waals surface area contributed by atoms with E-state index in [-0.39, 0.29) is 6.10 Å². The van der Waals surface area contributed by atoms with Gasteiger partial charge in [0.25, 0.3) is 0 Å². The number of rotatable bonds is 4. The molecule has 2 unspecified atom stereocenters. The zero-order valence-corrected chi connectivity index (χ0v) is 13.0. The van der Waals surface area contributed by atoms with E-state index in [0.717, 1.165) is 12.5 Å². The van der Waals surface area contributed by atoms with Gasteiger partial charge in [-0.05, 0) is 83.6 Å². The number of likely N-dealkylation sites (tertiary alicyclic amines) is 2. The van der Waals surface area contributed by atoms with Crippen molar-refractivity contribution in [3.8, 4) is 0 Å². The smallest absolute Gasteiger partial charge is 0.0568 e. The molecule has 2 heterocycles. The number of piperidine rings is 2. The highest BCUT2D eigenvalue weighted by Gasteiger charge is 2.28. The van der Waals surface area contributed by atoms with Crippen molar-refractivity contribution in [2.45, 2.75) is 69.9 Å². The Balaban J connectivity index is 1.35. The van der Waals surface area contributed by atoms with Crippen LogP contribution in [-0.4, -0.2) is 59.8 Å². The highest BCUT2D eigenvalue weighted by atomic mass is 16.3. The Morgan fingerprint density at radius 2 is 1.55 bits per heavy atom. The molecule has 1 N–H and O–H groups in total. The molecule has 0 aromatic carbocycles. The minimum Gasteiger partial charge on any atom is -0.393 e. The van der Waals surface area contributed by atoms with Gasteiger partial charge in [0, 0.05) is 6.04 Å². The Hall–Kier alpha value is -0.120. The molecule has 3 rings (SSSR count). The molecule has 3 fully saturated rings. The third-order valence-electron chi connectivity index (χ3n) is 5.90. The highest BCUT2D eigenvalue weighted by molar-refractivity contribution is 4.83. The predicted molar refractivity (Wildman–Crippen MR) is 82.9 cm³/mol. The standard InChI is InChI=1S/C17H32N2O/c20-17-6-4-5-15(17)7-12-18-13-8-16(9-14-18)19-10-2-1-3-11-19/h15-17,20H,1-14H2. The maximum Gasteiger partial charge on any atom is 0.0568 e. The van der Waals surface area contributed by atoms with Crippen LogP contribution < -0.4 is 0 Å². The minimum atomic E-state index is 0.000823. The SMILES string of the molecule is OC1CCCC1CCN1CCC(N2CCCCC2)CC1. The number of hydrogen-bond acceptors (Lipinski definition) is 3. The summed E-state index contributed by atoms with van der Waals surface area (Å²) in [6.07, 6.45) is 11.8. The van der Waals surface area contributed by atoms with Crippen LogP contribution in [-0.2, 0) is 0 Å². The first-order chi connectivity index (χ1) is 9.83. The van der Waals surface area contributed by atoms with Crippen LogP contribution in [0.25, 0.3) is 0 Å². The molecule has 3 heteroatoms. The first-order valence-corrected chi connectivity index (χ1v) is 8.97. The van der Waals surface area contributed by atoms with Crippen LogP contribution in [0.4, 0.5) is 0 Å². The zero-order valence-electron chi connectivity index (χ0n) is 13.0. The minimum absolute atomic E-state index is 0.000823. The Labute approximate surface area is 124 Å². The molecular formula is C17H32N2O. The van der Waals surface area contributed by atoms with Crippen molar-refractivity contribution in [1.29, 1.82) is 0 Å². The van der Waals surface area contributed by atoms with E-state index in [0.29, 0.717) is 5.92 Å². The van der Waals surface area contributed by atoms with Crippen LogP contribution in [0, 0.1) is 5.92 Å². The van der Waals surface area contributed by atoms with Gasteiger partial charge in [-0.1, -0.05) is 12.8 Å². The van der Waals surface area contributed by atoms with Crippen molar-refractivity contribution in [1.82, 2.24) is 9.80 Å². The first kappa shape index (κ1) is 14.8. The molecule has 0 aromatic heterocycles. The molecule has 0 amide bonds. The van der Waals surface area contributed by atoms with E-state index in [1.54, 1.807) is 0 Å². The fraction of sp³-hybridized carbons (Fsp3) is 1.00. The summed E-state index contributed by atoms with van der Waals surface area (Å²) >= 11 is 0. The van der Waals surface area contributed by atoms with Gasteiger partial charge in [0.05, 0.1) is 6.10 Å². The van der Waals surface area contributed by atoms with E-state index in [4.69, 9.17) is 0 Å². The molecule has 2 saturated heterocycles. The van der Waals surface area contributed by atoms with E-state index >= 15 is 0 Å². The van der Waals surface area contributed by atoms with Crippen molar-refractivity contribution < 1.29 is 5.11 Å². The summed E-state index contributed by atoms with van der Waals surface area (Å²) in [6, 6.07) is 0.864. The normalized spacial score (nSPS) is 34.6. The second kappa shape index (κ2) is 7.24. The summed E-state index contributed by atoms with van der Waals surface area (Å²) in [6.45, 7) is 6.47. The molecule has 3 nitrogen and oxygen atoms in total. The Kier molecular flexibility index (Phi) is 5.36. The molecule has 1 aliphatic carbocycles. The molecule has 3 aliphatic rings. The second-order valence-electron chi connectivity index (χ2n) is 7.22. The quantitative estimate of drug-likeness (QED) is 0.857. The van der Waals surface area contributed by atoms with Gasteiger partial charge in [0.15, 0.2) is 0 Å². The van der Waals surface area contributed by atoms with Gasteiger partial charge in [-0.2, -0.15) is 0 Å². The van der Waals surface area contributed by atoms with E-state index < -0.39 is 0 Å². The summed E-state index contributed by atoms with van der Waals surface area (Å²) in [5.74, 6) is 0.592. The topological polar surface area (TPSA) is 26.7 Å².